The summed E-state index contributed by atoms with van der Waals surface area (Å²) in [6, 6.07) is 16.7. The van der Waals surface area contributed by atoms with Crippen molar-refractivity contribution in [1.29, 1.82) is 0 Å². The molecule has 7 heteroatoms. The van der Waals surface area contributed by atoms with Gasteiger partial charge in [0.2, 0.25) is 17.6 Å². The minimum atomic E-state index is 0.0212. The van der Waals surface area contributed by atoms with Crippen LogP contribution in [0, 0.1) is 19.8 Å². The number of amides is 1. The summed E-state index contributed by atoms with van der Waals surface area (Å²) >= 11 is 1.92. The molecule has 0 radical (unpaired) electrons. The van der Waals surface area contributed by atoms with Crippen molar-refractivity contribution in [2.45, 2.75) is 45.4 Å². The quantitative estimate of drug-likeness (QED) is 0.413. The van der Waals surface area contributed by atoms with E-state index in [1.165, 1.54) is 16.7 Å². The van der Waals surface area contributed by atoms with Gasteiger partial charge >= 0.3 is 0 Å². The number of piperidine rings is 1. The molecule has 3 aromatic rings. The SMILES string of the molecule is Cc1cccc(CSCCCNC(=O)C2CCCN(Cc3nc(-c4cccc(C)c4)no3)C2)c1. The summed E-state index contributed by atoms with van der Waals surface area (Å²) in [6.07, 6.45) is 2.93. The highest BCUT2D eigenvalue weighted by Crippen LogP contribution is 2.21. The first kappa shape index (κ1) is 24.5. The molecule has 2 aromatic carbocycles. The van der Waals surface area contributed by atoms with Crippen LogP contribution >= 0.6 is 11.8 Å². The maximum atomic E-state index is 12.7. The molecule has 1 aliphatic heterocycles. The molecule has 0 aliphatic carbocycles. The van der Waals surface area contributed by atoms with E-state index in [1.807, 2.05) is 36.9 Å². The first-order valence-corrected chi connectivity index (χ1v) is 13.3. The average molecular weight is 479 g/mol. The lowest BCUT2D eigenvalue weighted by molar-refractivity contribution is -0.126. The van der Waals surface area contributed by atoms with E-state index in [2.05, 4.69) is 57.6 Å². The number of aryl methyl sites for hydroxylation is 2. The van der Waals surface area contributed by atoms with Crippen molar-refractivity contribution in [3.63, 3.8) is 0 Å². The second kappa shape index (κ2) is 12.2. The molecule has 180 valence electrons. The van der Waals surface area contributed by atoms with Crippen LogP contribution in [-0.2, 0) is 17.1 Å². The van der Waals surface area contributed by atoms with E-state index in [0.717, 1.165) is 56.0 Å². The Balaban J connectivity index is 1.17. The van der Waals surface area contributed by atoms with Crippen molar-refractivity contribution in [1.82, 2.24) is 20.4 Å². The molecule has 6 nitrogen and oxygen atoms in total. The van der Waals surface area contributed by atoms with Gasteiger partial charge in [0, 0.05) is 24.4 Å². The van der Waals surface area contributed by atoms with Crippen LogP contribution < -0.4 is 5.32 Å². The van der Waals surface area contributed by atoms with Gasteiger partial charge in [-0.3, -0.25) is 9.69 Å². The Hall–Kier alpha value is -2.64. The normalized spacial score (nSPS) is 16.5. The average Bonchev–Trinajstić information content (AvgIpc) is 3.30. The fraction of sp³-hybridized carbons (Fsp3) is 0.444. The van der Waals surface area contributed by atoms with E-state index in [4.69, 9.17) is 4.52 Å². The predicted molar refractivity (Wildman–Crippen MR) is 137 cm³/mol. The molecule has 0 bridgehead atoms. The number of carbonyl (C=O) groups is 1. The fourth-order valence-corrected chi connectivity index (χ4v) is 5.26. The third-order valence-corrected chi connectivity index (χ3v) is 7.21. The zero-order valence-electron chi connectivity index (χ0n) is 20.1. The molecular weight excluding hydrogens is 444 g/mol. The van der Waals surface area contributed by atoms with Crippen LogP contribution in [-0.4, -0.2) is 46.3 Å². The monoisotopic (exact) mass is 478 g/mol. The molecule has 0 spiro atoms. The summed E-state index contributed by atoms with van der Waals surface area (Å²) in [5, 5.41) is 7.29. The van der Waals surface area contributed by atoms with Gasteiger partial charge in [0.25, 0.3) is 0 Å². The minimum absolute atomic E-state index is 0.0212. The summed E-state index contributed by atoms with van der Waals surface area (Å²) < 4.78 is 5.49. The molecule has 1 saturated heterocycles. The molecule has 0 saturated carbocycles. The Morgan fingerprint density at radius 3 is 2.82 bits per heavy atom. The maximum Gasteiger partial charge on any atom is 0.241 e. The largest absolute Gasteiger partial charge is 0.356 e. The Bertz CT molecular complexity index is 1080. The number of aromatic nitrogens is 2. The number of nitrogens with one attached hydrogen (secondary N) is 1. The first-order chi connectivity index (χ1) is 16.6. The topological polar surface area (TPSA) is 71.3 Å². The van der Waals surface area contributed by atoms with E-state index in [9.17, 15) is 4.79 Å². The molecule has 1 atom stereocenters. The Kier molecular flexibility index (Phi) is 8.77. The maximum absolute atomic E-state index is 12.7. The first-order valence-electron chi connectivity index (χ1n) is 12.1. The van der Waals surface area contributed by atoms with Crippen molar-refractivity contribution >= 4 is 17.7 Å². The number of likely N-dealkylation sites (tertiary alicyclic amines) is 1. The Morgan fingerprint density at radius 2 is 2.00 bits per heavy atom. The van der Waals surface area contributed by atoms with Crippen molar-refractivity contribution < 1.29 is 9.32 Å². The van der Waals surface area contributed by atoms with Gasteiger partial charge in [-0.2, -0.15) is 16.7 Å². The van der Waals surface area contributed by atoms with Crippen molar-refractivity contribution in [2.75, 3.05) is 25.4 Å². The van der Waals surface area contributed by atoms with Gasteiger partial charge in [-0.1, -0.05) is 58.7 Å². The van der Waals surface area contributed by atoms with Gasteiger partial charge in [0.05, 0.1) is 12.5 Å². The predicted octanol–water partition coefficient (Wildman–Crippen LogP) is 5.01. The zero-order chi connectivity index (χ0) is 23.8. The van der Waals surface area contributed by atoms with Crippen LogP contribution in [0.5, 0.6) is 0 Å². The Morgan fingerprint density at radius 1 is 1.18 bits per heavy atom. The van der Waals surface area contributed by atoms with Gasteiger partial charge in [-0.15, -0.1) is 0 Å². The molecule has 1 aliphatic rings. The molecule has 2 heterocycles. The van der Waals surface area contributed by atoms with Gasteiger partial charge in [-0.25, -0.2) is 0 Å². The number of nitrogens with zero attached hydrogens (tertiary/aromatic N) is 3. The number of benzene rings is 2. The van der Waals surface area contributed by atoms with E-state index in [1.54, 1.807) is 0 Å². The number of hydrogen-bond donors (Lipinski definition) is 1. The molecule has 1 aromatic heterocycles. The number of hydrogen-bond acceptors (Lipinski definition) is 6. The minimum Gasteiger partial charge on any atom is -0.356 e. The van der Waals surface area contributed by atoms with Crippen LogP contribution in [0.2, 0.25) is 0 Å². The highest BCUT2D eigenvalue weighted by atomic mass is 32.2. The van der Waals surface area contributed by atoms with E-state index in [-0.39, 0.29) is 11.8 Å². The van der Waals surface area contributed by atoms with Crippen LogP contribution in [0.4, 0.5) is 0 Å². The third kappa shape index (κ3) is 7.18. The molecular formula is C27H34N4O2S. The molecule has 1 fully saturated rings. The van der Waals surface area contributed by atoms with Gasteiger partial charge in [0.1, 0.15) is 0 Å². The number of carbonyl (C=O) groups excluding carboxylic acids is 1. The summed E-state index contributed by atoms with van der Waals surface area (Å²) in [6.45, 7) is 7.17. The van der Waals surface area contributed by atoms with Gasteiger partial charge in [-0.05, 0) is 57.0 Å². The van der Waals surface area contributed by atoms with Crippen molar-refractivity contribution in [3.8, 4) is 11.4 Å². The lowest BCUT2D eigenvalue weighted by atomic mass is 9.97. The van der Waals surface area contributed by atoms with Crippen LogP contribution in [0.15, 0.2) is 53.1 Å². The second-order valence-electron chi connectivity index (χ2n) is 9.14. The van der Waals surface area contributed by atoms with E-state index >= 15 is 0 Å². The molecule has 34 heavy (non-hydrogen) atoms. The number of rotatable bonds is 10. The van der Waals surface area contributed by atoms with Gasteiger partial charge < -0.3 is 9.84 Å². The number of thioether (sulfide) groups is 1. The highest BCUT2D eigenvalue weighted by Gasteiger charge is 2.26. The van der Waals surface area contributed by atoms with E-state index < -0.39 is 0 Å². The van der Waals surface area contributed by atoms with Crippen molar-refractivity contribution in [2.24, 2.45) is 5.92 Å². The summed E-state index contributed by atoms with van der Waals surface area (Å²) in [5.41, 5.74) is 4.79. The van der Waals surface area contributed by atoms with Crippen molar-refractivity contribution in [3.05, 3.63) is 71.1 Å². The molecule has 4 rings (SSSR count). The van der Waals surface area contributed by atoms with Crippen LogP contribution in [0.3, 0.4) is 0 Å². The second-order valence-corrected chi connectivity index (χ2v) is 10.2. The third-order valence-electron chi connectivity index (χ3n) is 6.10. The van der Waals surface area contributed by atoms with E-state index in [0.29, 0.717) is 18.3 Å². The molecule has 1 amide bonds. The van der Waals surface area contributed by atoms with Crippen LogP contribution in [0.25, 0.3) is 11.4 Å². The lowest BCUT2D eigenvalue weighted by Crippen LogP contribution is -2.43. The fourth-order valence-electron chi connectivity index (χ4n) is 4.35. The zero-order valence-corrected chi connectivity index (χ0v) is 20.9. The standard InChI is InChI=1S/C27H34N4O2S/c1-20-7-3-9-22(15-20)19-34-14-6-12-28-27(32)24-11-5-13-31(17-24)18-25-29-26(30-33-25)23-10-4-8-21(2)16-23/h3-4,7-10,15-16,24H,5-6,11-14,17-19H2,1-2H3,(H,28,32). The Labute approximate surface area is 206 Å². The molecule has 1 unspecified atom stereocenters. The smallest absolute Gasteiger partial charge is 0.241 e. The van der Waals surface area contributed by atoms with Gasteiger partial charge in [0.15, 0.2) is 0 Å². The highest BCUT2D eigenvalue weighted by molar-refractivity contribution is 7.98. The van der Waals surface area contributed by atoms with Crippen LogP contribution in [0.1, 0.15) is 41.8 Å². The summed E-state index contributed by atoms with van der Waals surface area (Å²) in [7, 11) is 0. The summed E-state index contributed by atoms with van der Waals surface area (Å²) in [4.78, 5) is 19.5. The lowest BCUT2D eigenvalue weighted by Gasteiger charge is -2.30. The molecule has 1 N–H and O–H groups in total. The summed E-state index contributed by atoms with van der Waals surface area (Å²) in [5.74, 6) is 3.47.